The molecular weight excluding hydrogens is 364 g/mol. The highest BCUT2D eigenvalue weighted by atomic mass is 16.5. The van der Waals surface area contributed by atoms with E-state index < -0.39 is 0 Å². The number of hydrogen-bond acceptors (Lipinski definition) is 4. The van der Waals surface area contributed by atoms with Crippen LogP contribution >= 0.6 is 0 Å². The van der Waals surface area contributed by atoms with Gasteiger partial charge in [0.1, 0.15) is 5.78 Å². The van der Waals surface area contributed by atoms with Gasteiger partial charge in [-0.25, -0.2) is 0 Å². The first-order chi connectivity index (χ1) is 14.1. The monoisotopic (exact) mass is 392 g/mol. The molecule has 1 aromatic rings. The topological polar surface area (TPSA) is 49.9 Å². The summed E-state index contributed by atoms with van der Waals surface area (Å²) in [6.45, 7) is 5.29. The molecule has 29 heavy (non-hydrogen) atoms. The maximum atomic E-state index is 13.2. The number of amides is 1. The number of likely N-dealkylation sites (N-methyl/N-ethyl adjacent to an activating group) is 1. The van der Waals surface area contributed by atoms with E-state index in [-0.39, 0.29) is 29.6 Å². The van der Waals surface area contributed by atoms with Crippen LogP contribution < -0.4 is 0 Å². The van der Waals surface area contributed by atoms with Crippen molar-refractivity contribution < 1.29 is 14.3 Å². The fourth-order valence-electron chi connectivity index (χ4n) is 5.43. The third kappa shape index (κ3) is 2.99. The summed E-state index contributed by atoms with van der Waals surface area (Å²) < 4.78 is 5.41. The van der Waals surface area contributed by atoms with Gasteiger partial charge < -0.3 is 9.64 Å². The van der Waals surface area contributed by atoms with Gasteiger partial charge >= 0.3 is 0 Å². The van der Waals surface area contributed by atoms with E-state index in [9.17, 15) is 9.59 Å². The van der Waals surface area contributed by atoms with Crippen LogP contribution in [-0.2, 0) is 14.3 Å². The van der Waals surface area contributed by atoms with Gasteiger partial charge in [-0.2, -0.15) is 0 Å². The molecule has 0 bridgehead atoms. The maximum absolute atomic E-state index is 13.2. The molecule has 0 spiro atoms. The molecule has 0 N–H and O–H groups in total. The van der Waals surface area contributed by atoms with Crippen LogP contribution in [0.3, 0.4) is 0 Å². The highest BCUT2D eigenvalue weighted by molar-refractivity contribution is 5.99. The van der Waals surface area contributed by atoms with Crippen molar-refractivity contribution in [3.05, 3.63) is 47.0 Å². The van der Waals surface area contributed by atoms with Gasteiger partial charge in [0, 0.05) is 32.1 Å². The van der Waals surface area contributed by atoms with Gasteiger partial charge in [-0.15, -0.1) is 0 Å². The van der Waals surface area contributed by atoms with E-state index >= 15 is 0 Å². The molecule has 5 heteroatoms. The van der Waals surface area contributed by atoms with Crippen molar-refractivity contribution in [2.45, 2.75) is 31.7 Å². The molecule has 1 aromatic carbocycles. The Morgan fingerprint density at radius 2 is 1.97 bits per heavy atom. The van der Waals surface area contributed by atoms with Crippen molar-refractivity contribution in [2.24, 2.45) is 5.92 Å². The lowest BCUT2D eigenvalue weighted by Gasteiger charge is -2.42. The Morgan fingerprint density at radius 1 is 1.17 bits per heavy atom. The summed E-state index contributed by atoms with van der Waals surface area (Å²) >= 11 is 0. The van der Waals surface area contributed by atoms with E-state index in [0.717, 1.165) is 18.5 Å². The lowest BCUT2D eigenvalue weighted by molar-refractivity contribution is -0.138. The molecule has 0 radical (unpaired) electrons. The largest absolute Gasteiger partial charge is 0.378 e. The number of fused-ring (bicyclic) bond motifs is 2. The van der Waals surface area contributed by atoms with Gasteiger partial charge in [0.2, 0.25) is 5.91 Å². The molecule has 5 rings (SSSR count). The normalized spacial score (nSPS) is 28.3. The van der Waals surface area contributed by atoms with Crippen LogP contribution in [0.15, 0.2) is 30.4 Å². The molecule has 4 aliphatic rings. The molecule has 2 aliphatic heterocycles. The third-order valence-corrected chi connectivity index (χ3v) is 6.94. The second-order valence-electron chi connectivity index (χ2n) is 8.58. The van der Waals surface area contributed by atoms with Gasteiger partial charge in [-0.1, -0.05) is 37.3 Å². The highest BCUT2D eigenvalue weighted by Crippen LogP contribution is 2.50. The summed E-state index contributed by atoms with van der Waals surface area (Å²) in [5.41, 5.74) is 6.16. The maximum Gasteiger partial charge on any atom is 0.230 e. The van der Waals surface area contributed by atoms with Crippen LogP contribution in [-0.4, -0.2) is 67.4 Å². The predicted molar refractivity (Wildman–Crippen MR) is 112 cm³/mol. The van der Waals surface area contributed by atoms with Crippen molar-refractivity contribution in [2.75, 3.05) is 39.9 Å². The molecule has 5 nitrogen and oxygen atoms in total. The van der Waals surface area contributed by atoms with Crippen molar-refractivity contribution in [3.63, 3.8) is 0 Å². The summed E-state index contributed by atoms with van der Waals surface area (Å²) in [5, 5.41) is 0. The lowest BCUT2D eigenvalue weighted by Crippen LogP contribution is -2.49. The number of hydrogen-bond donors (Lipinski definition) is 0. The Morgan fingerprint density at radius 3 is 2.72 bits per heavy atom. The Labute approximate surface area is 172 Å². The molecule has 0 aromatic heterocycles. The number of ketones is 1. The number of rotatable bonds is 3. The quantitative estimate of drug-likeness (QED) is 0.794. The van der Waals surface area contributed by atoms with Crippen LogP contribution in [0.1, 0.15) is 42.4 Å². The summed E-state index contributed by atoms with van der Waals surface area (Å²) in [7, 11) is 2.12. The fraction of sp³-hybridized carbons (Fsp3) is 0.500. The van der Waals surface area contributed by atoms with Gasteiger partial charge in [-0.3, -0.25) is 14.5 Å². The SMILES string of the molecule is CCC(=O)C1C=C2C[C@@H]3C(=C[C@@H](C(=O)N4CCOCC4)CN3C)c3cccc1c32. The minimum Gasteiger partial charge on any atom is -0.378 e. The van der Waals surface area contributed by atoms with E-state index in [1.165, 1.54) is 22.3 Å². The molecule has 2 aliphatic carbocycles. The van der Waals surface area contributed by atoms with Gasteiger partial charge in [0.25, 0.3) is 0 Å². The number of allylic oxidation sites excluding steroid dienone is 1. The molecule has 1 unspecified atom stereocenters. The first-order valence-corrected chi connectivity index (χ1v) is 10.7. The number of benzene rings is 1. The molecule has 152 valence electrons. The molecule has 1 amide bonds. The predicted octanol–water partition coefficient (Wildman–Crippen LogP) is 2.72. The van der Waals surface area contributed by atoms with Crippen molar-refractivity contribution >= 4 is 22.8 Å². The molecular formula is C24H28N2O3. The zero-order valence-corrected chi connectivity index (χ0v) is 17.2. The Hall–Kier alpha value is -2.24. The standard InChI is InChI=1S/C24H28N2O3/c1-3-22(27)20-11-15-13-21-19(17-5-4-6-18(20)23(15)17)12-16(14-25(21)2)24(28)26-7-9-29-10-8-26/h4-6,11-12,16,20-21H,3,7-10,13-14H2,1-2H3/t16-,20?,21-/m1/s1. The van der Waals surface area contributed by atoms with Gasteiger partial charge in [0.15, 0.2) is 0 Å². The smallest absolute Gasteiger partial charge is 0.230 e. The van der Waals surface area contributed by atoms with Gasteiger partial charge in [-0.05, 0) is 41.3 Å². The number of Topliss-reactive ketones (excluding diaryl/α,β-unsaturated/α-hetero) is 1. The number of ether oxygens (including phenoxy) is 1. The summed E-state index contributed by atoms with van der Waals surface area (Å²) in [6.07, 6.45) is 5.87. The minimum atomic E-state index is -0.125. The zero-order valence-electron chi connectivity index (χ0n) is 17.2. The van der Waals surface area contributed by atoms with E-state index in [0.29, 0.717) is 32.7 Å². The first-order valence-electron chi connectivity index (χ1n) is 10.7. The molecule has 3 atom stereocenters. The third-order valence-electron chi connectivity index (χ3n) is 6.94. The van der Waals surface area contributed by atoms with E-state index in [4.69, 9.17) is 4.74 Å². The second kappa shape index (κ2) is 7.22. The van der Waals surface area contributed by atoms with E-state index in [2.05, 4.69) is 42.3 Å². The van der Waals surface area contributed by atoms with E-state index in [1.54, 1.807) is 0 Å². The zero-order chi connectivity index (χ0) is 20.1. The summed E-state index contributed by atoms with van der Waals surface area (Å²) in [4.78, 5) is 30.0. The van der Waals surface area contributed by atoms with Crippen LogP contribution in [0, 0.1) is 5.92 Å². The first kappa shape index (κ1) is 18.8. The van der Waals surface area contributed by atoms with Crippen LogP contribution in [0.2, 0.25) is 0 Å². The minimum absolute atomic E-state index is 0.109. The highest BCUT2D eigenvalue weighted by Gasteiger charge is 2.41. The van der Waals surface area contributed by atoms with Crippen LogP contribution in [0.5, 0.6) is 0 Å². The van der Waals surface area contributed by atoms with Crippen LogP contribution in [0.25, 0.3) is 11.1 Å². The lowest BCUT2D eigenvalue weighted by atomic mass is 9.76. The number of morpholine rings is 1. The van der Waals surface area contributed by atoms with E-state index in [1.807, 2.05) is 11.8 Å². The number of nitrogens with zero attached hydrogens (tertiary/aromatic N) is 2. The van der Waals surface area contributed by atoms with Crippen molar-refractivity contribution in [1.29, 1.82) is 0 Å². The Kier molecular flexibility index (Phi) is 4.67. The van der Waals surface area contributed by atoms with Crippen molar-refractivity contribution in [3.8, 4) is 0 Å². The number of carbonyl (C=O) groups excluding carboxylic acids is 2. The summed E-state index contributed by atoms with van der Waals surface area (Å²) in [5.74, 6) is 0.257. The second-order valence-corrected chi connectivity index (χ2v) is 8.58. The average molecular weight is 392 g/mol. The molecule has 0 saturated carbocycles. The molecule has 1 saturated heterocycles. The van der Waals surface area contributed by atoms with Crippen molar-refractivity contribution in [1.82, 2.24) is 9.80 Å². The Balaban J connectivity index is 1.54. The average Bonchev–Trinajstić information content (AvgIpc) is 3.14. The molecule has 1 fully saturated rings. The number of carbonyl (C=O) groups is 2. The summed E-state index contributed by atoms with van der Waals surface area (Å²) in [6, 6.07) is 6.61. The Bertz CT molecular complexity index is 926. The fourth-order valence-corrected chi connectivity index (χ4v) is 5.43. The molecule has 2 heterocycles. The van der Waals surface area contributed by atoms with Gasteiger partial charge in [0.05, 0.1) is 25.0 Å². The van der Waals surface area contributed by atoms with Crippen LogP contribution in [0.4, 0.5) is 0 Å².